The highest BCUT2D eigenvalue weighted by Gasteiger charge is 2.57. The van der Waals surface area contributed by atoms with Gasteiger partial charge in [0, 0.05) is 11.8 Å². The monoisotopic (exact) mass is 234 g/mol. The Kier molecular flexibility index (Phi) is 2.58. The van der Waals surface area contributed by atoms with E-state index >= 15 is 0 Å². The smallest absolute Gasteiger partial charge is 0.120 e. The van der Waals surface area contributed by atoms with Crippen LogP contribution in [0.1, 0.15) is 52.8 Å². The summed E-state index contributed by atoms with van der Waals surface area (Å²) in [4.78, 5) is 8.60. The minimum atomic E-state index is -0.349. The van der Waals surface area contributed by atoms with E-state index in [1.165, 1.54) is 0 Å². The van der Waals surface area contributed by atoms with Gasteiger partial charge in [-0.3, -0.25) is 0 Å². The lowest BCUT2D eigenvalue weighted by Gasteiger charge is -2.49. The first-order valence-electron chi connectivity index (χ1n) is 6.13. The van der Waals surface area contributed by atoms with Crippen molar-refractivity contribution >= 4 is 0 Å². The average molecular weight is 234 g/mol. The molecule has 0 saturated carbocycles. The van der Waals surface area contributed by atoms with Crippen LogP contribution in [0.5, 0.6) is 0 Å². The minimum absolute atomic E-state index is 0.00907. The highest BCUT2D eigenvalue weighted by Crippen LogP contribution is 2.57. The molecule has 1 aromatic rings. The SMILES string of the molecule is CC(C)(C)C1(C(C)(C)C)OCc2cncnc21. The van der Waals surface area contributed by atoms with Crippen molar-refractivity contribution in [2.45, 2.75) is 53.8 Å². The van der Waals surface area contributed by atoms with Crippen molar-refractivity contribution in [3.05, 3.63) is 23.8 Å². The lowest BCUT2D eigenvalue weighted by atomic mass is 9.61. The Morgan fingerprint density at radius 2 is 1.71 bits per heavy atom. The van der Waals surface area contributed by atoms with Crippen molar-refractivity contribution in [3.8, 4) is 0 Å². The third-order valence-corrected chi connectivity index (χ3v) is 3.68. The minimum Gasteiger partial charge on any atom is -0.363 e. The zero-order valence-electron chi connectivity index (χ0n) is 11.7. The molecule has 0 unspecified atom stereocenters. The van der Waals surface area contributed by atoms with Crippen molar-refractivity contribution in [3.63, 3.8) is 0 Å². The Morgan fingerprint density at radius 3 is 2.24 bits per heavy atom. The molecule has 2 rings (SSSR count). The number of hydrogen-bond acceptors (Lipinski definition) is 3. The molecule has 0 saturated heterocycles. The quantitative estimate of drug-likeness (QED) is 0.691. The van der Waals surface area contributed by atoms with Crippen LogP contribution in [0, 0.1) is 10.8 Å². The summed E-state index contributed by atoms with van der Waals surface area (Å²) in [6.45, 7) is 13.9. The van der Waals surface area contributed by atoms with Gasteiger partial charge in [-0.15, -0.1) is 0 Å². The maximum Gasteiger partial charge on any atom is 0.120 e. The fourth-order valence-corrected chi connectivity index (χ4v) is 3.30. The molecule has 0 amide bonds. The second kappa shape index (κ2) is 3.52. The molecular formula is C14H22N2O. The summed E-state index contributed by atoms with van der Waals surface area (Å²) in [6, 6.07) is 0. The zero-order valence-corrected chi connectivity index (χ0v) is 11.7. The van der Waals surface area contributed by atoms with Crippen LogP contribution in [0.25, 0.3) is 0 Å². The highest BCUT2D eigenvalue weighted by molar-refractivity contribution is 5.31. The molecular weight excluding hydrogens is 212 g/mol. The van der Waals surface area contributed by atoms with Gasteiger partial charge in [-0.25, -0.2) is 9.97 Å². The number of hydrogen-bond donors (Lipinski definition) is 0. The van der Waals surface area contributed by atoms with Gasteiger partial charge >= 0.3 is 0 Å². The van der Waals surface area contributed by atoms with Crippen LogP contribution < -0.4 is 0 Å². The standard InChI is InChI=1S/C14H22N2O/c1-12(2,3)14(13(4,5)6)11-10(8-17-14)7-15-9-16-11/h7,9H,8H2,1-6H3. The Hall–Kier alpha value is -0.960. The molecule has 2 heterocycles. The van der Waals surface area contributed by atoms with Crippen LogP contribution in [0.4, 0.5) is 0 Å². The fraction of sp³-hybridized carbons (Fsp3) is 0.714. The van der Waals surface area contributed by atoms with Gasteiger partial charge in [-0.1, -0.05) is 41.5 Å². The normalized spacial score (nSPS) is 19.2. The Balaban J connectivity index is 2.68. The molecule has 0 spiro atoms. The molecule has 0 atom stereocenters. The molecule has 1 aromatic heterocycles. The summed E-state index contributed by atoms with van der Waals surface area (Å²) < 4.78 is 6.24. The Labute approximate surface area is 104 Å². The maximum absolute atomic E-state index is 6.24. The van der Waals surface area contributed by atoms with E-state index in [0.717, 1.165) is 11.3 Å². The zero-order chi connectivity index (χ0) is 12.9. The first-order chi connectivity index (χ1) is 7.70. The van der Waals surface area contributed by atoms with Crippen LogP contribution in [-0.4, -0.2) is 9.97 Å². The van der Waals surface area contributed by atoms with E-state index in [-0.39, 0.29) is 16.4 Å². The summed E-state index contributed by atoms with van der Waals surface area (Å²) in [5.41, 5.74) is 1.82. The molecule has 0 aliphatic carbocycles. The summed E-state index contributed by atoms with van der Waals surface area (Å²) >= 11 is 0. The topological polar surface area (TPSA) is 35.0 Å². The van der Waals surface area contributed by atoms with Crippen molar-refractivity contribution < 1.29 is 4.74 Å². The molecule has 3 heteroatoms. The van der Waals surface area contributed by atoms with Gasteiger partial charge in [-0.2, -0.15) is 0 Å². The summed E-state index contributed by atoms with van der Waals surface area (Å²) in [7, 11) is 0. The molecule has 0 fully saturated rings. The summed E-state index contributed by atoms with van der Waals surface area (Å²) in [5, 5.41) is 0. The first-order valence-corrected chi connectivity index (χ1v) is 6.13. The molecule has 0 bridgehead atoms. The van der Waals surface area contributed by atoms with E-state index in [2.05, 4.69) is 51.5 Å². The third kappa shape index (κ3) is 1.60. The van der Waals surface area contributed by atoms with Gasteiger partial charge in [0.1, 0.15) is 11.9 Å². The van der Waals surface area contributed by atoms with Gasteiger partial charge < -0.3 is 4.74 Å². The van der Waals surface area contributed by atoms with E-state index in [0.29, 0.717) is 6.61 Å². The van der Waals surface area contributed by atoms with Crippen molar-refractivity contribution in [1.82, 2.24) is 9.97 Å². The van der Waals surface area contributed by atoms with Crippen LogP contribution in [0.2, 0.25) is 0 Å². The second-order valence-electron chi connectivity index (χ2n) is 6.87. The fourth-order valence-electron chi connectivity index (χ4n) is 3.30. The van der Waals surface area contributed by atoms with E-state index in [9.17, 15) is 0 Å². The van der Waals surface area contributed by atoms with Crippen LogP contribution in [0.3, 0.4) is 0 Å². The van der Waals surface area contributed by atoms with Gasteiger partial charge in [0.05, 0.1) is 12.3 Å². The molecule has 94 valence electrons. The van der Waals surface area contributed by atoms with E-state index in [4.69, 9.17) is 4.74 Å². The first kappa shape index (κ1) is 12.5. The molecule has 17 heavy (non-hydrogen) atoms. The van der Waals surface area contributed by atoms with Crippen molar-refractivity contribution in [2.75, 3.05) is 0 Å². The third-order valence-electron chi connectivity index (χ3n) is 3.68. The predicted molar refractivity (Wildman–Crippen MR) is 67.4 cm³/mol. The van der Waals surface area contributed by atoms with Crippen molar-refractivity contribution in [2.24, 2.45) is 10.8 Å². The molecule has 0 N–H and O–H groups in total. The van der Waals surface area contributed by atoms with Crippen LogP contribution in [-0.2, 0) is 16.9 Å². The number of fused-ring (bicyclic) bond motifs is 1. The Morgan fingerprint density at radius 1 is 1.12 bits per heavy atom. The number of ether oxygens (including phenoxy) is 1. The van der Waals surface area contributed by atoms with E-state index < -0.39 is 0 Å². The van der Waals surface area contributed by atoms with Crippen LogP contribution in [0.15, 0.2) is 12.5 Å². The molecule has 0 aromatic carbocycles. The average Bonchev–Trinajstić information content (AvgIpc) is 2.55. The number of nitrogens with zero attached hydrogens (tertiary/aromatic N) is 2. The lowest BCUT2D eigenvalue weighted by molar-refractivity contribution is -0.182. The molecule has 1 aliphatic rings. The lowest BCUT2D eigenvalue weighted by Crippen LogP contribution is -2.50. The second-order valence-corrected chi connectivity index (χ2v) is 6.87. The highest BCUT2D eigenvalue weighted by atomic mass is 16.5. The maximum atomic E-state index is 6.24. The van der Waals surface area contributed by atoms with Gasteiger partial charge in [0.15, 0.2) is 0 Å². The van der Waals surface area contributed by atoms with Gasteiger partial charge in [0.25, 0.3) is 0 Å². The Bertz CT molecular complexity index is 413. The largest absolute Gasteiger partial charge is 0.363 e. The summed E-state index contributed by atoms with van der Waals surface area (Å²) in [6.07, 6.45) is 3.50. The van der Waals surface area contributed by atoms with E-state index in [1.807, 2.05) is 6.20 Å². The molecule has 0 radical (unpaired) electrons. The number of rotatable bonds is 0. The van der Waals surface area contributed by atoms with Crippen molar-refractivity contribution in [1.29, 1.82) is 0 Å². The molecule has 1 aliphatic heterocycles. The predicted octanol–water partition coefficient (Wildman–Crippen LogP) is 3.29. The molecule has 3 nitrogen and oxygen atoms in total. The van der Waals surface area contributed by atoms with Gasteiger partial charge in [0.2, 0.25) is 0 Å². The van der Waals surface area contributed by atoms with E-state index in [1.54, 1.807) is 6.33 Å². The van der Waals surface area contributed by atoms with Crippen LogP contribution >= 0.6 is 0 Å². The summed E-state index contributed by atoms with van der Waals surface area (Å²) in [5.74, 6) is 0. The van der Waals surface area contributed by atoms with Gasteiger partial charge in [-0.05, 0) is 10.8 Å². The number of aromatic nitrogens is 2.